The molecule has 2 rings (SSSR count). The van der Waals surface area contributed by atoms with E-state index in [2.05, 4.69) is 6.92 Å². The van der Waals surface area contributed by atoms with E-state index in [4.69, 9.17) is 9.47 Å². The van der Waals surface area contributed by atoms with Crippen LogP contribution in [0.5, 0.6) is 0 Å². The summed E-state index contributed by atoms with van der Waals surface area (Å²) in [7, 11) is 0. The van der Waals surface area contributed by atoms with Crippen molar-refractivity contribution in [2.45, 2.75) is 26.1 Å². The van der Waals surface area contributed by atoms with Gasteiger partial charge in [0.25, 0.3) is 0 Å². The van der Waals surface area contributed by atoms with Gasteiger partial charge in [0.1, 0.15) is 0 Å². The lowest BCUT2D eigenvalue weighted by atomic mass is 9.96. The number of ether oxygens (including phenoxy) is 2. The molecule has 0 saturated carbocycles. The summed E-state index contributed by atoms with van der Waals surface area (Å²) in [5.74, 6) is 0.955. The summed E-state index contributed by atoms with van der Waals surface area (Å²) in [4.78, 5) is 0. The van der Waals surface area contributed by atoms with Crippen molar-refractivity contribution in [3.8, 4) is 0 Å². The van der Waals surface area contributed by atoms with Gasteiger partial charge in [-0.1, -0.05) is 6.92 Å². The summed E-state index contributed by atoms with van der Waals surface area (Å²) in [5.41, 5.74) is 0. The number of rotatable bonds is 1. The zero-order valence-corrected chi connectivity index (χ0v) is 8.70. The van der Waals surface area contributed by atoms with Gasteiger partial charge in [-0.05, 0) is 0 Å². The molecular weight excluding hydrogens is 182 g/mol. The van der Waals surface area contributed by atoms with Crippen LogP contribution in [0.2, 0.25) is 0 Å². The number of hydroxylamine groups is 2. The molecule has 2 aliphatic heterocycles. The maximum absolute atomic E-state index is 11.1. The number of hydrogen-bond donors (Lipinski definition) is 1. The number of piperidine rings is 1. The molecule has 0 unspecified atom stereocenters. The van der Waals surface area contributed by atoms with Crippen LogP contribution in [-0.4, -0.2) is 32.6 Å². The van der Waals surface area contributed by atoms with Crippen LogP contribution in [0.15, 0.2) is 0 Å². The number of quaternary nitrogens is 1. The summed E-state index contributed by atoms with van der Waals surface area (Å²) in [6.07, 6.45) is 1.84. The second-order valence-corrected chi connectivity index (χ2v) is 4.52. The molecule has 2 fully saturated rings. The van der Waals surface area contributed by atoms with Crippen LogP contribution in [0, 0.1) is 17.0 Å². The molecule has 4 heteroatoms. The van der Waals surface area contributed by atoms with Crippen molar-refractivity contribution in [1.29, 1.82) is 0 Å². The third-order valence-electron chi connectivity index (χ3n) is 3.06. The van der Waals surface area contributed by atoms with Crippen LogP contribution in [0.4, 0.5) is 0 Å². The summed E-state index contributed by atoms with van der Waals surface area (Å²) in [5, 5.41) is 11.5. The van der Waals surface area contributed by atoms with Crippen molar-refractivity contribution in [3.05, 3.63) is 5.21 Å². The molecule has 2 heterocycles. The molecule has 4 nitrogen and oxygen atoms in total. The quantitative estimate of drug-likeness (QED) is 0.597. The summed E-state index contributed by atoms with van der Waals surface area (Å²) < 4.78 is 11.3. The minimum atomic E-state index is -0.0423. The second-order valence-electron chi connectivity index (χ2n) is 4.52. The second kappa shape index (κ2) is 4.57. The van der Waals surface area contributed by atoms with Gasteiger partial charge in [0, 0.05) is 24.7 Å². The minimum absolute atomic E-state index is 0.0423. The monoisotopic (exact) mass is 201 g/mol. The van der Waals surface area contributed by atoms with Gasteiger partial charge in [0.2, 0.25) is 0 Å². The van der Waals surface area contributed by atoms with E-state index in [0.717, 1.165) is 26.1 Å². The highest BCUT2D eigenvalue weighted by Crippen LogP contribution is 2.23. The average molecular weight is 201 g/mol. The van der Waals surface area contributed by atoms with Gasteiger partial charge in [0.15, 0.2) is 6.29 Å². The Hall–Kier alpha value is -0.160. The van der Waals surface area contributed by atoms with E-state index >= 15 is 0 Å². The lowest BCUT2D eigenvalue weighted by molar-refractivity contribution is -0.855. The number of hydrogen-bond acceptors (Lipinski definition) is 3. The van der Waals surface area contributed by atoms with Crippen molar-refractivity contribution in [1.82, 2.24) is 0 Å². The van der Waals surface area contributed by atoms with Gasteiger partial charge < -0.3 is 19.7 Å². The summed E-state index contributed by atoms with van der Waals surface area (Å²) in [6.45, 7) is 5.15. The molecule has 0 aromatic heterocycles. The van der Waals surface area contributed by atoms with Crippen molar-refractivity contribution < 1.29 is 14.5 Å². The molecule has 0 aromatic carbocycles. The Morgan fingerprint density at radius 2 is 1.71 bits per heavy atom. The van der Waals surface area contributed by atoms with Crippen molar-refractivity contribution in [2.24, 2.45) is 11.8 Å². The maximum Gasteiger partial charge on any atom is 0.160 e. The zero-order chi connectivity index (χ0) is 9.97. The molecule has 0 spiro atoms. The maximum atomic E-state index is 11.1. The standard InChI is InChI=1S/C10H19NO3/c1-8-6-13-10(14-7-8)9-2-4-11(12)5-3-9/h8-11H,2-7H2,1H3. The Balaban J connectivity index is 1.78. The molecule has 0 aliphatic carbocycles. The molecule has 0 radical (unpaired) electrons. The van der Waals surface area contributed by atoms with Gasteiger partial charge >= 0.3 is 0 Å². The van der Waals surface area contributed by atoms with Gasteiger partial charge in [-0.25, -0.2) is 0 Å². The predicted molar refractivity (Wildman–Crippen MR) is 51.6 cm³/mol. The van der Waals surface area contributed by atoms with E-state index in [9.17, 15) is 5.21 Å². The van der Waals surface area contributed by atoms with Crippen LogP contribution in [0.3, 0.4) is 0 Å². The average Bonchev–Trinajstić information content (AvgIpc) is 2.21. The van der Waals surface area contributed by atoms with Gasteiger partial charge in [-0.2, -0.15) is 0 Å². The topological polar surface area (TPSA) is 46.0 Å². The predicted octanol–water partition coefficient (Wildman–Crippen LogP) is -0.212. The van der Waals surface area contributed by atoms with Crippen LogP contribution >= 0.6 is 0 Å². The third-order valence-corrected chi connectivity index (χ3v) is 3.06. The van der Waals surface area contributed by atoms with Crippen LogP contribution in [-0.2, 0) is 9.47 Å². The summed E-state index contributed by atoms with van der Waals surface area (Å²) in [6, 6.07) is 0. The first-order valence-corrected chi connectivity index (χ1v) is 5.50. The summed E-state index contributed by atoms with van der Waals surface area (Å²) >= 11 is 0. The normalized spacial score (nSPS) is 45.0. The molecule has 2 aliphatic rings. The minimum Gasteiger partial charge on any atom is -0.634 e. The Morgan fingerprint density at radius 3 is 2.29 bits per heavy atom. The molecule has 82 valence electrons. The fourth-order valence-electron chi connectivity index (χ4n) is 2.12. The molecular formula is C10H19NO3. The molecule has 0 aromatic rings. The highest BCUT2D eigenvalue weighted by molar-refractivity contribution is 4.69. The smallest absolute Gasteiger partial charge is 0.160 e. The largest absolute Gasteiger partial charge is 0.634 e. The van der Waals surface area contributed by atoms with E-state index < -0.39 is 0 Å². The van der Waals surface area contributed by atoms with Crippen molar-refractivity contribution >= 4 is 0 Å². The molecule has 1 N–H and O–H groups in total. The Labute approximate surface area is 84.7 Å². The van der Waals surface area contributed by atoms with E-state index in [1.165, 1.54) is 0 Å². The van der Waals surface area contributed by atoms with E-state index in [1.807, 2.05) is 0 Å². The lowest BCUT2D eigenvalue weighted by Gasteiger charge is -2.37. The van der Waals surface area contributed by atoms with Crippen LogP contribution < -0.4 is 5.06 Å². The first kappa shape index (κ1) is 10.4. The van der Waals surface area contributed by atoms with E-state index in [-0.39, 0.29) is 6.29 Å². The van der Waals surface area contributed by atoms with Crippen LogP contribution in [0.25, 0.3) is 0 Å². The SMILES string of the molecule is CC1COC(C2CC[NH+]([O-])CC2)OC1. The Morgan fingerprint density at radius 1 is 1.14 bits per heavy atom. The van der Waals surface area contributed by atoms with E-state index in [0.29, 0.717) is 30.0 Å². The fourth-order valence-corrected chi connectivity index (χ4v) is 2.12. The van der Waals surface area contributed by atoms with E-state index in [1.54, 1.807) is 0 Å². The van der Waals surface area contributed by atoms with Gasteiger partial charge in [-0.15, -0.1) is 0 Å². The lowest BCUT2D eigenvalue weighted by Crippen LogP contribution is -3.08. The first-order valence-electron chi connectivity index (χ1n) is 5.50. The molecule has 0 bridgehead atoms. The highest BCUT2D eigenvalue weighted by atomic mass is 16.7. The molecule has 14 heavy (non-hydrogen) atoms. The van der Waals surface area contributed by atoms with Crippen molar-refractivity contribution in [2.75, 3.05) is 26.3 Å². The molecule has 2 saturated heterocycles. The third kappa shape index (κ3) is 2.45. The number of nitrogens with one attached hydrogen (secondary N) is 1. The van der Waals surface area contributed by atoms with Crippen molar-refractivity contribution in [3.63, 3.8) is 0 Å². The first-order chi connectivity index (χ1) is 6.75. The highest BCUT2D eigenvalue weighted by Gasteiger charge is 2.30. The Kier molecular flexibility index (Phi) is 3.38. The fraction of sp³-hybridized carbons (Fsp3) is 1.00. The van der Waals surface area contributed by atoms with Gasteiger partial charge in [-0.3, -0.25) is 0 Å². The van der Waals surface area contributed by atoms with Gasteiger partial charge in [0.05, 0.1) is 26.3 Å². The molecule has 0 amide bonds. The molecule has 0 atom stereocenters. The Bertz CT molecular complexity index is 152. The van der Waals surface area contributed by atoms with Crippen LogP contribution in [0.1, 0.15) is 19.8 Å². The zero-order valence-electron chi connectivity index (χ0n) is 8.70.